The third kappa shape index (κ3) is 4.92. The van der Waals surface area contributed by atoms with Crippen LogP contribution in [0.5, 0.6) is 0 Å². The highest BCUT2D eigenvalue weighted by atomic mass is 16.4. The number of aliphatic carboxylic acids is 1. The number of primary amides is 1. The molecular weight excluding hydrogens is 264 g/mol. The number of rotatable bonds is 6. The first-order valence-electron chi connectivity index (χ1n) is 5.88. The van der Waals surface area contributed by atoms with Crippen LogP contribution in [0.15, 0.2) is 24.5 Å². The maximum atomic E-state index is 11.7. The molecule has 0 radical (unpaired) electrons. The predicted octanol–water partition coefficient (Wildman–Crippen LogP) is -0.230. The lowest BCUT2D eigenvalue weighted by Crippen LogP contribution is -2.48. The van der Waals surface area contributed by atoms with E-state index in [0.717, 1.165) is 5.56 Å². The van der Waals surface area contributed by atoms with Gasteiger partial charge in [-0.3, -0.25) is 9.78 Å². The summed E-state index contributed by atoms with van der Waals surface area (Å²) in [5.41, 5.74) is 5.73. The van der Waals surface area contributed by atoms with Crippen LogP contribution in [0.4, 0.5) is 4.79 Å². The molecule has 0 aliphatic rings. The molecule has 5 N–H and O–H groups in total. The van der Waals surface area contributed by atoms with E-state index >= 15 is 0 Å². The van der Waals surface area contributed by atoms with Gasteiger partial charge >= 0.3 is 12.0 Å². The smallest absolute Gasteiger partial charge is 0.326 e. The first-order valence-corrected chi connectivity index (χ1v) is 5.88. The molecule has 8 heteroatoms. The second-order valence-electron chi connectivity index (χ2n) is 4.18. The van der Waals surface area contributed by atoms with Crippen molar-refractivity contribution in [2.75, 3.05) is 0 Å². The number of aromatic nitrogens is 1. The minimum atomic E-state index is -1.35. The van der Waals surface area contributed by atoms with Crippen LogP contribution in [0.25, 0.3) is 0 Å². The average molecular weight is 280 g/mol. The second kappa shape index (κ2) is 7.07. The number of carbonyl (C=O) groups excluding carboxylic acids is 2. The number of carboxylic acid groups (broad SMARTS) is 1. The Bertz CT molecular complexity index is 491. The fourth-order valence-corrected chi connectivity index (χ4v) is 1.53. The Hall–Kier alpha value is -2.64. The van der Waals surface area contributed by atoms with E-state index in [1.54, 1.807) is 31.5 Å². The first-order chi connectivity index (χ1) is 9.40. The van der Waals surface area contributed by atoms with Gasteiger partial charge in [0.1, 0.15) is 6.04 Å². The zero-order valence-electron chi connectivity index (χ0n) is 10.9. The molecule has 0 fully saturated rings. The maximum absolute atomic E-state index is 11.7. The number of hydrogen-bond acceptors (Lipinski definition) is 4. The van der Waals surface area contributed by atoms with Gasteiger partial charge in [0.05, 0.1) is 12.5 Å². The number of nitrogens with two attached hydrogens (primary N) is 1. The topological polar surface area (TPSA) is 134 Å². The lowest BCUT2D eigenvalue weighted by Gasteiger charge is -2.17. The first kappa shape index (κ1) is 15.4. The molecule has 0 aliphatic carbocycles. The Morgan fingerprint density at radius 3 is 2.40 bits per heavy atom. The molecule has 2 unspecified atom stereocenters. The predicted molar refractivity (Wildman–Crippen MR) is 69.6 cm³/mol. The summed E-state index contributed by atoms with van der Waals surface area (Å²) in [6.45, 7) is 1.73. The number of carboxylic acids is 1. The standard InChI is InChI=1S/C12H16N4O4/c1-7(8-2-4-14-5-3-8)15-12(20)16-9(11(18)19)6-10(13)17/h2-5,7,9H,6H2,1H3,(H2,13,17)(H,18,19)(H2,15,16,20). The average Bonchev–Trinajstić information content (AvgIpc) is 2.38. The van der Waals surface area contributed by atoms with Crippen LogP contribution in [-0.2, 0) is 9.59 Å². The monoisotopic (exact) mass is 280 g/mol. The third-order valence-electron chi connectivity index (χ3n) is 2.56. The summed E-state index contributed by atoms with van der Waals surface area (Å²) in [5, 5.41) is 13.6. The summed E-state index contributed by atoms with van der Waals surface area (Å²) in [6, 6.07) is 1.08. The molecular formula is C12H16N4O4. The zero-order chi connectivity index (χ0) is 15.1. The summed E-state index contributed by atoms with van der Waals surface area (Å²) in [7, 11) is 0. The Labute approximate surface area is 115 Å². The van der Waals surface area contributed by atoms with Crippen molar-refractivity contribution >= 4 is 17.9 Å². The van der Waals surface area contributed by atoms with Crippen molar-refractivity contribution in [1.29, 1.82) is 0 Å². The highest BCUT2D eigenvalue weighted by Crippen LogP contribution is 2.09. The number of nitrogens with zero attached hydrogens (tertiary/aromatic N) is 1. The molecule has 0 aromatic carbocycles. The van der Waals surface area contributed by atoms with E-state index in [0.29, 0.717) is 0 Å². The minimum absolute atomic E-state index is 0.332. The van der Waals surface area contributed by atoms with Crippen molar-refractivity contribution in [3.63, 3.8) is 0 Å². The number of pyridine rings is 1. The van der Waals surface area contributed by atoms with E-state index in [-0.39, 0.29) is 6.04 Å². The largest absolute Gasteiger partial charge is 0.480 e. The highest BCUT2D eigenvalue weighted by molar-refractivity contribution is 5.87. The van der Waals surface area contributed by atoms with Crippen molar-refractivity contribution in [2.45, 2.75) is 25.4 Å². The SMILES string of the molecule is CC(NC(=O)NC(CC(N)=O)C(=O)O)c1ccncc1. The van der Waals surface area contributed by atoms with E-state index in [4.69, 9.17) is 10.8 Å². The molecule has 1 heterocycles. The number of nitrogens with one attached hydrogen (secondary N) is 2. The summed E-state index contributed by atoms with van der Waals surface area (Å²) in [5.74, 6) is -2.13. The second-order valence-corrected chi connectivity index (χ2v) is 4.18. The highest BCUT2D eigenvalue weighted by Gasteiger charge is 2.22. The van der Waals surface area contributed by atoms with Gasteiger partial charge < -0.3 is 21.5 Å². The van der Waals surface area contributed by atoms with Gasteiger partial charge in [0.2, 0.25) is 5.91 Å². The number of urea groups is 1. The Kier molecular flexibility index (Phi) is 5.45. The Morgan fingerprint density at radius 1 is 1.30 bits per heavy atom. The van der Waals surface area contributed by atoms with Crippen molar-refractivity contribution in [1.82, 2.24) is 15.6 Å². The molecule has 1 aromatic rings. The van der Waals surface area contributed by atoms with Gasteiger partial charge in [0.15, 0.2) is 0 Å². The Balaban J connectivity index is 2.57. The normalized spacial score (nSPS) is 13.1. The molecule has 8 nitrogen and oxygen atoms in total. The fraction of sp³-hybridized carbons (Fsp3) is 0.333. The van der Waals surface area contributed by atoms with Crippen LogP contribution in [0.2, 0.25) is 0 Å². The van der Waals surface area contributed by atoms with E-state index < -0.39 is 30.4 Å². The Morgan fingerprint density at radius 2 is 1.90 bits per heavy atom. The van der Waals surface area contributed by atoms with Crippen molar-refractivity contribution in [2.24, 2.45) is 5.73 Å². The van der Waals surface area contributed by atoms with Crippen LogP contribution in [0.3, 0.4) is 0 Å². The van der Waals surface area contributed by atoms with Crippen LogP contribution >= 0.6 is 0 Å². The van der Waals surface area contributed by atoms with Gasteiger partial charge in [-0.1, -0.05) is 0 Å². The van der Waals surface area contributed by atoms with E-state index in [9.17, 15) is 14.4 Å². The van der Waals surface area contributed by atoms with Gasteiger partial charge in [-0.2, -0.15) is 0 Å². The van der Waals surface area contributed by atoms with Crippen molar-refractivity contribution in [3.8, 4) is 0 Å². The molecule has 3 amide bonds. The van der Waals surface area contributed by atoms with Gasteiger partial charge in [0.25, 0.3) is 0 Å². The number of hydrogen-bond donors (Lipinski definition) is 4. The molecule has 108 valence electrons. The summed E-state index contributed by atoms with van der Waals surface area (Å²) in [4.78, 5) is 37.1. The molecule has 20 heavy (non-hydrogen) atoms. The molecule has 0 spiro atoms. The maximum Gasteiger partial charge on any atom is 0.326 e. The lowest BCUT2D eigenvalue weighted by molar-refractivity contribution is -0.140. The minimum Gasteiger partial charge on any atom is -0.480 e. The van der Waals surface area contributed by atoms with Crippen LogP contribution < -0.4 is 16.4 Å². The van der Waals surface area contributed by atoms with Gasteiger partial charge in [-0.25, -0.2) is 9.59 Å². The molecule has 0 saturated carbocycles. The molecule has 1 aromatic heterocycles. The third-order valence-corrected chi connectivity index (χ3v) is 2.56. The fourth-order valence-electron chi connectivity index (χ4n) is 1.53. The quantitative estimate of drug-likeness (QED) is 0.571. The molecule has 0 saturated heterocycles. The van der Waals surface area contributed by atoms with Gasteiger partial charge in [0, 0.05) is 12.4 Å². The molecule has 0 aliphatic heterocycles. The van der Waals surface area contributed by atoms with E-state index in [1.165, 1.54) is 0 Å². The van der Waals surface area contributed by atoms with Crippen LogP contribution in [0, 0.1) is 0 Å². The summed E-state index contributed by atoms with van der Waals surface area (Å²) >= 11 is 0. The van der Waals surface area contributed by atoms with Crippen molar-refractivity contribution in [3.05, 3.63) is 30.1 Å². The van der Waals surface area contributed by atoms with E-state index in [1.807, 2.05) is 0 Å². The molecule has 2 atom stereocenters. The molecule has 0 bridgehead atoms. The molecule has 1 rings (SSSR count). The van der Waals surface area contributed by atoms with Crippen molar-refractivity contribution < 1.29 is 19.5 Å². The summed E-state index contributed by atoms with van der Waals surface area (Å²) < 4.78 is 0. The number of amides is 3. The van der Waals surface area contributed by atoms with Crippen LogP contribution in [0.1, 0.15) is 24.9 Å². The van der Waals surface area contributed by atoms with E-state index in [2.05, 4.69) is 15.6 Å². The van der Waals surface area contributed by atoms with Crippen LogP contribution in [-0.4, -0.2) is 34.0 Å². The van der Waals surface area contributed by atoms with Gasteiger partial charge in [-0.05, 0) is 24.6 Å². The summed E-state index contributed by atoms with van der Waals surface area (Å²) in [6.07, 6.45) is 2.70. The lowest BCUT2D eigenvalue weighted by atomic mass is 10.1. The number of carbonyl (C=O) groups is 3. The zero-order valence-corrected chi connectivity index (χ0v) is 10.9. The van der Waals surface area contributed by atoms with Gasteiger partial charge in [-0.15, -0.1) is 0 Å².